The van der Waals surface area contributed by atoms with Crippen molar-refractivity contribution in [3.8, 4) is 0 Å². The van der Waals surface area contributed by atoms with E-state index in [1.54, 1.807) is 6.08 Å². The number of allylic oxidation sites excluding steroid dienone is 5. The van der Waals surface area contributed by atoms with Gasteiger partial charge in [-0.15, -0.1) is 0 Å². The van der Waals surface area contributed by atoms with E-state index in [4.69, 9.17) is 9.05 Å². The highest BCUT2D eigenvalue weighted by atomic mass is 31.2. The highest BCUT2D eigenvalue weighted by Crippen LogP contribution is 2.38. The minimum Gasteiger partial charge on any atom is -0.756 e. The number of aliphatic hydroxyl groups is 1. The topological polar surface area (TPSA) is 108 Å². The summed E-state index contributed by atoms with van der Waals surface area (Å²) in [5.74, 6) is -0.222. The number of likely N-dealkylation sites (N-methyl/N-ethyl adjacent to an activating group) is 1. The van der Waals surface area contributed by atoms with Gasteiger partial charge < -0.3 is 28.8 Å². The molecule has 0 spiro atoms. The van der Waals surface area contributed by atoms with Gasteiger partial charge in [0.25, 0.3) is 7.82 Å². The Hall–Kier alpha value is -1.28. The minimum absolute atomic E-state index is 0.00846. The highest BCUT2D eigenvalue weighted by Gasteiger charge is 2.23. The van der Waals surface area contributed by atoms with Crippen LogP contribution in [0.2, 0.25) is 0 Å². The molecule has 0 heterocycles. The minimum atomic E-state index is -4.59. The second-order valence-corrected chi connectivity index (χ2v) is 15.3. The Balaban J connectivity index is 4.63. The molecular formula is C38H73N2O6P. The largest absolute Gasteiger partial charge is 0.756 e. The standard InChI is InChI=1S/C38H73N2O6P/c1-6-8-10-12-14-16-18-19-20-22-23-25-27-29-31-37(41)36(35-46-47(43,44)45-34-33-40(3,4)5)39-38(42)32-30-28-26-24-21-17-15-13-11-9-7-2/h13,15,22-23,29,31,36-37,41H,6-12,14,16-21,24-28,30,32-35H2,1-5H3,(H-,39,42,43,44)/b15-13-,23-22+,31-29+. The van der Waals surface area contributed by atoms with Gasteiger partial charge in [-0.25, -0.2) is 0 Å². The van der Waals surface area contributed by atoms with Gasteiger partial charge in [-0.2, -0.15) is 0 Å². The van der Waals surface area contributed by atoms with Gasteiger partial charge in [0.15, 0.2) is 0 Å². The van der Waals surface area contributed by atoms with E-state index in [0.717, 1.165) is 64.2 Å². The molecule has 0 bridgehead atoms. The van der Waals surface area contributed by atoms with Gasteiger partial charge in [0.1, 0.15) is 13.2 Å². The maximum atomic E-state index is 12.7. The Kier molecular flexibility index (Phi) is 29.9. The van der Waals surface area contributed by atoms with Gasteiger partial charge in [-0.05, 0) is 51.4 Å². The Morgan fingerprint density at radius 2 is 1.21 bits per heavy atom. The number of rotatable bonds is 33. The van der Waals surface area contributed by atoms with Crippen LogP contribution in [-0.4, -0.2) is 68.5 Å². The fraction of sp³-hybridized carbons (Fsp3) is 0.816. The predicted molar refractivity (Wildman–Crippen MR) is 196 cm³/mol. The van der Waals surface area contributed by atoms with Crippen LogP contribution in [0.25, 0.3) is 0 Å². The van der Waals surface area contributed by atoms with E-state index < -0.39 is 26.6 Å². The molecule has 0 saturated heterocycles. The lowest BCUT2D eigenvalue weighted by Crippen LogP contribution is -2.45. The molecule has 9 heteroatoms. The van der Waals surface area contributed by atoms with E-state index in [1.807, 2.05) is 27.2 Å². The summed E-state index contributed by atoms with van der Waals surface area (Å²) in [7, 11) is 1.23. The Labute approximate surface area is 289 Å². The lowest BCUT2D eigenvalue weighted by molar-refractivity contribution is -0.870. The van der Waals surface area contributed by atoms with Crippen LogP contribution < -0.4 is 10.2 Å². The molecule has 276 valence electrons. The lowest BCUT2D eigenvalue weighted by Gasteiger charge is -2.29. The zero-order valence-electron chi connectivity index (χ0n) is 31.0. The normalized spacial score (nSPS) is 15.1. The van der Waals surface area contributed by atoms with Crippen LogP contribution in [0.1, 0.15) is 149 Å². The summed E-state index contributed by atoms with van der Waals surface area (Å²) in [4.78, 5) is 25.1. The van der Waals surface area contributed by atoms with Gasteiger partial charge in [-0.1, -0.05) is 127 Å². The fourth-order valence-corrected chi connectivity index (χ4v) is 5.69. The average Bonchev–Trinajstić information content (AvgIpc) is 3.01. The second kappa shape index (κ2) is 30.8. The number of amides is 1. The number of quaternary nitrogens is 1. The molecular weight excluding hydrogens is 611 g/mol. The molecule has 0 radical (unpaired) electrons. The number of nitrogens with one attached hydrogen (secondary N) is 1. The van der Waals surface area contributed by atoms with Gasteiger partial charge in [0.05, 0.1) is 39.9 Å². The first kappa shape index (κ1) is 45.7. The van der Waals surface area contributed by atoms with Crippen molar-refractivity contribution in [2.45, 2.75) is 161 Å². The quantitative estimate of drug-likeness (QED) is 0.0309. The molecule has 0 aliphatic rings. The van der Waals surface area contributed by atoms with E-state index >= 15 is 0 Å². The zero-order chi connectivity index (χ0) is 35.1. The SMILES string of the molecule is CCCC/C=C\CCCCCCCC(=O)NC(COP(=O)([O-])OCC[N+](C)(C)C)C(O)/C=C/CC/C=C/CCCCCCCCCC. The average molecular weight is 685 g/mol. The number of carbonyl (C=O) groups excluding carboxylic acids is 1. The van der Waals surface area contributed by atoms with E-state index in [1.165, 1.54) is 64.2 Å². The van der Waals surface area contributed by atoms with E-state index in [9.17, 15) is 19.4 Å². The Morgan fingerprint density at radius 3 is 1.79 bits per heavy atom. The molecule has 0 fully saturated rings. The number of nitrogens with zero attached hydrogens (tertiary/aromatic N) is 1. The third-order valence-corrected chi connectivity index (χ3v) is 9.04. The van der Waals surface area contributed by atoms with Crippen LogP contribution in [0.15, 0.2) is 36.5 Å². The molecule has 2 N–H and O–H groups in total. The number of hydrogen-bond acceptors (Lipinski definition) is 6. The summed E-state index contributed by atoms with van der Waals surface area (Å²) < 4.78 is 23.0. The summed E-state index contributed by atoms with van der Waals surface area (Å²) in [6, 6.07) is -0.903. The first-order valence-corrected chi connectivity index (χ1v) is 20.3. The summed E-state index contributed by atoms with van der Waals surface area (Å²) in [6.45, 7) is 4.54. The third kappa shape index (κ3) is 33.0. The summed E-state index contributed by atoms with van der Waals surface area (Å²) in [5, 5.41) is 13.6. The molecule has 8 nitrogen and oxygen atoms in total. The maximum Gasteiger partial charge on any atom is 0.268 e. The Morgan fingerprint density at radius 1 is 0.723 bits per heavy atom. The van der Waals surface area contributed by atoms with Crippen LogP contribution in [0.5, 0.6) is 0 Å². The molecule has 47 heavy (non-hydrogen) atoms. The van der Waals surface area contributed by atoms with Crippen LogP contribution in [0, 0.1) is 0 Å². The molecule has 3 atom stereocenters. The summed E-state index contributed by atoms with van der Waals surface area (Å²) in [5.41, 5.74) is 0. The number of unbranched alkanes of at least 4 members (excludes halogenated alkanes) is 16. The van der Waals surface area contributed by atoms with Crippen molar-refractivity contribution in [2.24, 2.45) is 0 Å². The van der Waals surface area contributed by atoms with Gasteiger partial charge >= 0.3 is 0 Å². The van der Waals surface area contributed by atoms with Crippen molar-refractivity contribution < 1.29 is 32.9 Å². The first-order valence-electron chi connectivity index (χ1n) is 18.9. The smallest absolute Gasteiger partial charge is 0.268 e. The molecule has 0 rings (SSSR count). The van der Waals surface area contributed by atoms with Crippen LogP contribution >= 0.6 is 7.82 Å². The molecule has 0 aromatic heterocycles. The van der Waals surface area contributed by atoms with Crippen molar-refractivity contribution in [3.63, 3.8) is 0 Å². The molecule has 1 amide bonds. The number of carbonyl (C=O) groups is 1. The van der Waals surface area contributed by atoms with Crippen molar-refractivity contribution in [3.05, 3.63) is 36.5 Å². The third-order valence-electron chi connectivity index (χ3n) is 8.07. The molecule has 0 saturated carbocycles. The fourth-order valence-electron chi connectivity index (χ4n) is 4.97. The number of phosphoric ester groups is 1. The van der Waals surface area contributed by atoms with Gasteiger partial charge in [0, 0.05) is 6.42 Å². The maximum absolute atomic E-state index is 12.7. The number of hydrogen-bond donors (Lipinski definition) is 2. The van der Waals surface area contributed by atoms with E-state index in [0.29, 0.717) is 17.4 Å². The van der Waals surface area contributed by atoms with Crippen molar-refractivity contribution in [2.75, 3.05) is 40.9 Å². The van der Waals surface area contributed by atoms with E-state index in [-0.39, 0.29) is 12.5 Å². The molecule has 0 aromatic carbocycles. The summed E-state index contributed by atoms with van der Waals surface area (Å²) >= 11 is 0. The second-order valence-electron chi connectivity index (χ2n) is 13.9. The van der Waals surface area contributed by atoms with Crippen molar-refractivity contribution in [1.29, 1.82) is 0 Å². The van der Waals surface area contributed by atoms with Crippen LogP contribution in [-0.2, 0) is 18.4 Å². The first-order chi connectivity index (χ1) is 22.5. The monoisotopic (exact) mass is 685 g/mol. The highest BCUT2D eigenvalue weighted by molar-refractivity contribution is 7.45. The lowest BCUT2D eigenvalue weighted by atomic mass is 10.1. The van der Waals surface area contributed by atoms with Gasteiger partial charge in [0.2, 0.25) is 5.91 Å². The van der Waals surface area contributed by atoms with Gasteiger partial charge in [-0.3, -0.25) is 9.36 Å². The van der Waals surface area contributed by atoms with Crippen molar-refractivity contribution >= 4 is 13.7 Å². The number of phosphoric acid groups is 1. The Bertz CT molecular complexity index is 871. The molecule has 0 aromatic rings. The van der Waals surface area contributed by atoms with E-state index in [2.05, 4.69) is 43.5 Å². The number of aliphatic hydroxyl groups excluding tert-OH is 1. The summed E-state index contributed by atoms with van der Waals surface area (Å²) in [6.07, 6.45) is 34.7. The molecule has 0 aliphatic heterocycles. The molecule has 0 aliphatic carbocycles. The predicted octanol–water partition coefficient (Wildman–Crippen LogP) is 8.94. The van der Waals surface area contributed by atoms with Crippen molar-refractivity contribution in [1.82, 2.24) is 5.32 Å². The zero-order valence-corrected chi connectivity index (χ0v) is 31.9. The van der Waals surface area contributed by atoms with Crippen LogP contribution in [0.4, 0.5) is 0 Å². The van der Waals surface area contributed by atoms with Crippen LogP contribution in [0.3, 0.4) is 0 Å². The molecule has 3 unspecified atom stereocenters.